The fourth-order valence-corrected chi connectivity index (χ4v) is 2.77. The summed E-state index contributed by atoms with van der Waals surface area (Å²) < 4.78 is 6.06. The molecule has 2 aliphatic rings. The monoisotopic (exact) mass is 180 g/mol. The molecule has 0 amide bonds. The van der Waals surface area contributed by atoms with Crippen LogP contribution in [-0.4, -0.2) is 12.2 Å². The zero-order valence-corrected chi connectivity index (χ0v) is 8.59. The highest BCUT2D eigenvalue weighted by molar-refractivity contribution is 4.96. The van der Waals surface area contributed by atoms with E-state index >= 15 is 0 Å². The zero-order valence-electron chi connectivity index (χ0n) is 8.59. The summed E-state index contributed by atoms with van der Waals surface area (Å²) in [6, 6.07) is 0. The van der Waals surface area contributed by atoms with Crippen LogP contribution in [0.25, 0.3) is 0 Å². The zero-order chi connectivity index (χ0) is 9.15. The van der Waals surface area contributed by atoms with Gasteiger partial charge in [-0.05, 0) is 31.6 Å². The lowest BCUT2D eigenvalue weighted by Gasteiger charge is -2.41. The number of allylic oxidation sites excluding steroid dienone is 1. The molecule has 0 radical (unpaired) electrons. The van der Waals surface area contributed by atoms with E-state index in [9.17, 15) is 0 Å². The Labute approximate surface area is 81.2 Å². The quantitative estimate of drug-likeness (QED) is 0.520. The number of hydrogen-bond acceptors (Lipinski definition) is 1. The van der Waals surface area contributed by atoms with Crippen molar-refractivity contribution in [2.75, 3.05) is 6.61 Å². The Hall–Kier alpha value is -0.300. The molecule has 0 saturated heterocycles. The first-order valence-corrected chi connectivity index (χ1v) is 5.62. The molecule has 1 spiro atoms. The molecule has 1 heterocycles. The summed E-state index contributed by atoms with van der Waals surface area (Å²) in [6.07, 6.45) is 12.3. The Balaban J connectivity index is 2.07. The van der Waals surface area contributed by atoms with Crippen molar-refractivity contribution in [1.29, 1.82) is 0 Å². The lowest BCUT2D eigenvalue weighted by molar-refractivity contribution is -0.0949. The molecule has 1 heteroatoms. The Morgan fingerprint density at radius 1 is 1.23 bits per heavy atom. The van der Waals surface area contributed by atoms with Gasteiger partial charge in [0.15, 0.2) is 0 Å². The molecule has 1 saturated carbocycles. The maximum Gasteiger partial charge on any atom is 0.0715 e. The van der Waals surface area contributed by atoms with E-state index < -0.39 is 0 Å². The van der Waals surface area contributed by atoms with Crippen LogP contribution in [0, 0.1) is 5.92 Å². The Bertz CT molecular complexity index is 185. The van der Waals surface area contributed by atoms with Crippen molar-refractivity contribution in [3.05, 3.63) is 12.2 Å². The largest absolute Gasteiger partial charge is 0.371 e. The predicted molar refractivity (Wildman–Crippen MR) is 54.7 cm³/mol. The summed E-state index contributed by atoms with van der Waals surface area (Å²) in [5.74, 6) is 0.765. The van der Waals surface area contributed by atoms with E-state index in [0.717, 1.165) is 12.5 Å². The second kappa shape index (κ2) is 3.83. The normalized spacial score (nSPS) is 40.5. The minimum absolute atomic E-state index is 0.238. The van der Waals surface area contributed by atoms with Gasteiger partial charge in [-0.1, -0.05) is 31.9 Å². The molecule has 74 valence electrons. The molecular weight excluding hydrogens is 160 g/mol. The van der Waals surface area contributed by atoms with Gasteiger partial charge in [-0.3, -0.25) is 0 Å². The third-order valence-electron chi connectivity index (χ3n) is 3.75. The summed E-state index contributed by atoms with van der Waals surface area (Å²) in [4.78, 5) is 0. The first-order chi connectivity index (χ1) is 6.33. The molecule has 1 nitrogen and oxygen atoms in total. The van der Waals surface area contributed by atoms with Crippen LogP contribution in [0.3, 0.4) is 0 Å². The standard InChI is InChI=1S/C12H20O/c1-11-7-3-5-9-12(11)8-4-2-6-10-13-12/h2,6,11H,3-5,7-10H2,1H3. The first kappa shape index (κ1) is 9.26. The fraction of sp³-hybridized carbons (Fsp3) is 0.833. The Morgan fingerprint density at radius 3 is 3.00 bits per heavy atom. The molecule has 1 aliphatic heterocycles. The second-order valence-corrected chi connectivity index (χ2v) is 4.53. The topological polar surface area (TPSA) is 9.23 Å². The van der Waals surface area contributed by atoms with Gasteiger partial charge < -0.3 is 4.74 Å². The van der Waals surface area contributed by atoms with Crippen LogP contribution in [-0.2, 0) is 4.74 Å². The molecule has 0 aromatic carbocycles. The molecule has 0 aromatic rings. The van der Waals surface area contributed by atoms with Crippen molar-refractivity contribution in [2.45, 2.75) is 51.0 Å². The van der Waals surface area contributed by atoms with Gasteiger partial charge in [0.1, 0.15) is 0 Å². The van der Waals surface area contributed by atoms with Gasteiger partial charge in [0.05, 0.1) is 12.2 Å². The number of hydrogen-bond donors (Lipinski definition) is 0. The summed E-state index contributed by atoms with van der Waals surface area (Å²) >= 11 is 0. The lowest BCUT2D eigenvalue weighted by atomic mass is 9.74. The van der Waals surface area contributed by atoms with Gasteiger partial charge in [0, 0.05) is 0 Å². The SMILES string of the molecule is CC1CCCCC12CCC=CCO2. The maximum absolute atomic E-state index is 6.06. The van der Waals surface area contributed by atoms with Gasteiger partial charge >= 0.3 is 0 Å². The minimum atomic E-state index is 0.238. The van der Waals surface area contributed by atoms with Gasteiger partial charge in [0.2, 0.25) is 0 Å². The van der Waals surface area contributed by atoms with Crippen molar-refractivity contribution < 1.29 is 4.74 Å². The van der Waals surface area contributed by atoms with Gasteiger partial charge in [-0.15, -0.1) is 0 Å². The van der Waals surface area contributed by atoms with E-state index in [1.54, 1.807) is 0 Å². The fourth-order valence-electron chi connectivity index (χ4n) is 2.77. The van der Waals surface area contributed by atoms with E-state index in [2.05, 4.69) is 19.1 Å². The Morgan fingerprint density at radius 2 is 2.15 bits per heavy atom. The van der Waals surface area contributed by atoms with Gasteiger partial charge in [-0.25, -0.2) is 0 Å². The summed E-state index contributed by atoms with van der Waals surface area (Å²) in [5, 5.41) is 0. The van der Waals surface area contributed by atoms with Crippen LogP contribution in [0.15, 0.2) is 12.2 Å². The molecule has 2 atom stereocenters. The van der Waals surface area contributed by atoms with E-state index in [4.69, 9.17) is 4.74 Å². The highest BCUT2D eigenvalue weighted by atomic mass is 16.5. The molecule has 1 aliphatic carbocycles. The van der Waals surface area contributed by atoms with E-state index in [1.807, 2.05) is 0 Å². The van der Waals surface area contributed by atoms with E-state index in [0.29, 0.717) is 0 Å². The van der Waals surface area contributed by atoms with Crippen LogP contribution >= 0.6 is 0 Å². The smallest absolute Gasteiger partial charge is 0.0715 e. The van der Waals surface area contributed by atoms with Gasteiger partial charge in [0.25, 0.3) is 0 Å². The third-order valence-corrected chi connectivity index (χ3v) is 3.75. The number of ether oxygens (including phenoxy) is 1. The maximum atomic E-state index is 6.06. The molecular formula is C12H20O. The first-order valence-electron chi connectivity index (χ1n) is 5.62. The van der Waals surface area contributed by atoms with E-state index in [1.165, 1.54) is 38.5 Å². The van der Waals surface area contributed by atoms with Crippen LogP contribution in [0.2, 0.25) is 0 Å². The average Bonchev–Trinajstić information content (AvgIpc) is 2.37. The van der Waals surface area contributed by atoms with Gasteiger partial charge in [-0.2, -0.15) is 0 Å². The molecule has 1 fully saturated rings. The van der Waals surface area contributed by atoms with Crippen molar-refractivity contribution in [2.24, 2.45) is 5.92 Å². The van der Waals surface area contributed by atoms with Crippen molar-refractivity contribution in [3.63, 3.8) is 0 Å². The minimum Gasteiger partial charge on any atom is -0.371 e. The molecule has 2 rings (SSSR count). The molecule has 0 N–H and O–H groups in total. The number of rotatable bonds is 0. The molecule has 2 unspecified atom stereocenters. The van der Waals surface area contributed by atoms with Crippen molar-refractivity contribution in [3.8, 4) is 0 Å². The highest BCUT2D eigenvalue weighted by Gasteiger charge is 2.38. The average molecular weight is 180 g/mol. The van der Waals surface area contributed by atoms with Crippen LogP contribution in [0.5, 0.6) is 0 Å². The van der Waals surface area contributed by atoms with Crippen molar-refractivity contribution in [1.82, 2.24) is 0 Å². The predicted octanol–water partition coefficient (Wildman–Crippen LogP) is 3.30. The lowest BCUT2D eigenvalue weighted by Crippen LogP contribution is -2.41. The second-order valence-electron chi connectivity index (χ2n) is 4.53. The third kappa shape index (κ3) is 1.80. The van der Waals surface area contributed by atoms with Crippen LogP contribution < -0.4 is 0 Å². The molecule has 13 heavy (non-hydrogen) atoms. The highest BCUT2D eigenvalue weighted by Crippen LogP contribution is 2.40. The van der Waals surface area contributed by atoms with Crippen molar-refractivity contribution >= 4 is 0 Å². The molecule has 0 aromatic heterocycles. The van der Waals surface area contributed by atoms with E-state index in [-0.39, 0.29) is 5.60 Å². The molecule has 0 bridgehead atoms. The Kier molecular flexibility index (Phi) is 2.73. The summed E-state index contributed by atoms with van der Waals surface area (Å²) in [7, 11) is 0. The van der Waals surface area contributed by atoms with Crippen LogP contribution in [0.1, 0.15) is 45.4 Å². The summed E-state index contributed by atoms with van der Waals surface area (Å²) in [6.45, 7) is 3.20. The summed E-state index contributed by atoms with van der Waals surface area (Å²) in [5.41, 5.74) is 0.238. The van der Waals surface area contributed by atoms with Crippen LogP contribution in [0.4, 0.5) is 0 Å².